The maximum atomic E-state index is 5.81. The second-order valence-electron chi connectivity index (χ2n) is 6.03. The van der Waals surface area contributed by atoms with E-state index in [1.807, 2.05) is 48.5 Å². The van der Waals surface area contributed by atoms with E-state index in [1.165, 1.54) is 0 Å². The molecule has 0 aliphatic carbocycles. The molecule has 0 saturated carbocycles. The average Bonchev–Trinajstić information content (AvgIpc) is 3.37. The Morgan fingerprint density at radius 2 is 1.15 bits per heavy atom. The van der Waals surface area contributed by atoms with Crippen molar-refractivity contribution in [2.24, 2.45) is 9.98 Å². The van der Waals surface area contributed by atoms with Crippen LogP contribution in [0.3, 0.4) is 0 Å². The van der Waals surface area contributed by atoms with E-state index in [1.54, 1.807) is 14.2 Å². The second-order valence-corrected chi connectivity index (χ2v) is 6.03. The first-order chi connectivity index (χ1) is 12.8. The highest BCUT2D eigenvalue weighted by Gasteiger charge is 2.34. The van der Waals surface area contributed by atoms with E-state index in [-0.39, 0.29) is 12.1 Å². The van der Waals surface area contributed by atoms with Crippen LogP contribution in [0.5, 0.6) is 11.5 Å². The number of hydrogen-bond donors (Lipinski definition) is 0. The molecule has 6 heteroatoms. The molecule has 0 N–H and O–H groups in total. The van der Waals surface area contributed by atoms with Crippen molar-refractivity contribution in [2.75, 3.05) is 27.4 Å². The molecule has 2 atom stereocenters. The SMILES string of the molecule is COc1ccccc1C1=N[C@@H]([C@H]2COC(c3ccccc3OC)=N2)CO1. The van der Waals surface area contributed by atoms with Crippen molar-refractivity contribution in [3.63, 3.8) is 0 Å². The molecule has 2 aromatic carbocycles. The number of benzene rings is 2. The average molecular weight is 352 g/mol. The van der Waals surface area contributed by atoms with E-state index in [4.69, 9.17) is 28.9 Å². The Kier molecular flexibility index (Phi) is 4.48. The van der Waals surface area contributed by atoms with Gasteiger partial charge in [0.25, 0.3) is 0 Å². The lowest BCUT2D eigenvalue weighted by Crippen LogP contribution is -2.25. The topological polar surface area (TPSA) is 61.6 Å². The van der Waals surface area contributed by atoms with Gasteiger partial charge in [-0.25, -0.2) is 9.98 Å². The minimum atomic E-state index is -0.0814. The maximum absolute atomic E-state index is 5.81. The zero-order valence-corrected chi connectivity index (χ0v) is 14.7. The largest absolute Gasteiger partial charge is 0.496 e. The summed E-state index contributed by atoms with van der Waals surface area (Å²) in [6.07, 6.45) is 0. The summed E-state index contributed by atoms with van der Waals surface area (Å²) in [6.45, 7) is 0.953. The van der Waals surface area contributed by atoms with Gasteiger partial charge in [0.15, 0.2) is 0 Å². The van der Waals surface area contributed by atoms with Crippen LogP contribution in [-0.2, 0) is 9.47 Å². The zero-order valence-electron chi connectivity index (χ0n) is 14.7. The van der Waals surface area contributed by atoms with E-state index in [0.29, 0.717) is 25.0 Å². The second kappa shape index (κ2) is 7.07. The lowest BCUT2D eigenvalue weighted by atomic mass is 10.1. The molecule has 0 unspecified atom stereocenters. The van der Waals surface area contributed by atoms with Gasteiger partial charge in [0.2, 0.25) is 11.8 Å². The quantitative estimate of drug-likeness (QED) is 0.830. The van der Waals surface area contributed by atoms with Crippen LogP contribution in [0.2, 0.25) is 0 Å². The van der Waals surface area contributed by atoms with Gasteiger partial charge in [-0.05, 0) is 24.3 Å². The van der Waals surface area contributed by atoms with E-state index < -0.39 is 0 Å². The first kappa shape index (κ1) is 16.4. The molecule has 4 rings (SSSR count). The van der Waals surface area contributed by atoms with Crippen molar-refractivity contribution in [3.05, 3.63) is 59.7 Å². The summed E-state index contributed by atoms with van der Waals surface area (Å²) >= 11 is 0. The number of hydrogen-bond acceptors (Lipinski definition) is 6. The fourth-order valence-electron chi connectivity index (χ4n) is 3.11. The molecule has 0 radical (unpaired) electrons. The minimum absolute atomic E-state index is 0.0814. The molecule has 6 nitrogen and oxygen atoms in total. The third-order valence-electron chi connectivity index (χ3n) is 4.47. The van der Waals surface area contributed by atoms with Gasteiger partial charge < -0.3 is 18.9 Å². The number of nitrogens with zero attached hydrogens (tertiary/aromatic N) is 2. The summed E-state index contributed by atoms with van der Waals surface area (Å²) in [5, 5.41) is 0. The third-order valence-corrected chi connectivity index (χ3v) is 4.47. The molecule has 2 aliphatic heterocycles. The molecule has 0 spiro atoms. The van der Waals surface area contributed by atoms with Gasteiger partial charge in [0.05, 0.1) is 25.3 Å². The molecule has 0 aromatic heterocycles. The van der Waals surface area contributed by atoms with Crippen molar-refractivity contribution in [1.82, 2.24) is 0 Å². The van der Waals surface area contributed by atoms with E-state index in [2.05, 4.69) is 0 Å². The lowest BCUT2D eigenvalue weighted by molar-refractivity contribution is 0.263. The van der Waals surface area contributed by atoms with Gasteiger partial charge in [-0.15, -0.1) is 0 Å². The molecular weight excluding hydrogens is 332 g/mol. The Bertz CT molecular complexity index is 791. The zero-order chi connectivity index (χ0) is 17.9. The number of ether oxygens (including phenoxy) is 4. The molecule has 26 heavy (non-hydrogen) atoms. The number of methoxy groups -OCH3 is 2. The Hall–Kier alpha value is -3.02. The Morgan fingerprint density at radius 1 is 0.731 bits per heavy atom. The molecule has 134 valence electrons. The van der Waals surface area contributed by atoms with Gasteiger partial charge in [0.1, 0.15) is 36.8 Å². The summed E-state index contributed by atoms with van der Waals surface area (Å²) in [5.74, 6) is 2.67. The summed E-state index contributed by atoms with van der Waals surface area (Å²) < 4.78 is 22.4. The van der Waals surface area contributed by atoms with Crippen LogP contribution in [0.15, 0.2) is 58.5 Å². The van der Waals surface area contributed by atoms with Crippen LogP contribution in [0.25, 0.3) is 0 Å². The third kappa shape index (κ3) is 2.98. The van der Waals surface area contributed by atoms with Gasteiger partial charge >= 0.3 is 0 Å². The van der Waals surface area contributed by atoms with Crippen molar-refractivity contribution in [3.8, 4) is 11.5 Å². The number of aliphatic imine (C=N–C) groups is 2. The molecule has 0 amide bonds. The molecule has 0 fully saturated rings. The maximum Gasteiger partial charge on any atom is 0.220 e. The first-order valence-corrected chi connectivity index (χ1v) is 8.48. The molecule has 2 aliphatic rings. The van der Waals surface area contributed by atoms with Crippen molar-refractivity contribution >= 4 is 11.8 Å². The summed E-state index contributed by atoms with van der Waals surface area (Å²) in [4.78, 5) is 9.43. The van der Waals surface area contributed by atoms with Crippen molar-refractivity contribution < 1.29 is 18.9 Å². The summed E-state index contributed by atoms with van der Waals surface area (Å²) in [5.41, 5.74) is 1.70. The van der Waals surface area contributed by atoms with Crippen LogP contribution in [0, 0.1) is 0 Å². The number of para-hydroxylation sites is 2. The summed E-state index contributed by atoms with van der Waals surface area (Å²) in [6, 6.07) is 15.2. The van der Waals surface area contributed by atoms with Gasteiger partial charge in [-0.1, -0.05) is 24.3 Å². The predicted octanol–water partition coefficient (Wildman–Crippen LogP) is 2.69. The highest BCUT2D eigenvalue weighted by atomic mass is 16.5. The van der Waals surface area contributed by atoms with Crippen molar-refractivity contribution in [1.29, 1.82) is 0 Å². The Labute approximate surface area is 152 Å². The van der Waals surface area contributed by atoms with Gasteiger partial charge in [-0.2, -0.15) is 0 Å². The smallest absolute Gasteiger partial charge is 0.220 e. The van der Waals surface area contributed by atoms with E-state index in [0.717, 1.165) is 22.6 Å². The lowest BCUT2D eigenvalue weighted by Gasteiger charge is -2.07. The molecule has 0 bridgehead atoms. The number of rotatable bonds is 5. The normalized spacial score (nSPS) is 21.5. The van der Waals surface area contributed by atoms with E-state index >= 15 is 0 Å². The van der Waals surface area contributed by atoms with Crippen LogP contribution in [-0.4, -0.2) is 51.3 Å². The fourth-order valence-corrected chi connectivity index (χ4v) is 3.11. The summed E-state index contributed by atoms with van der Waals surface area (Å²) in [7, 11) is 3.28. The predicted molar refractivity (Wildman–Crippen MR) is 98.5 cm³/mol. The van der Waals surface area contributed by atoms with E-state index in [9.17, 15) is 0 Å². The molecule has 2 heterocycles. The monoisotopic (exact) mass is 352 g/mol. The highest BCUT2D eigenvalue weighted by Crippen LogP contribution is 2.27. The van der Waals surface area contributed by atoms with Gasteiger partial charge in [-0.3, -0.25) is 0 Å². The molecule has 2 aromatic rings. The van der Waals surface area contributed by atoms with Crippen LogP contribution in [0.1, 0.15) is 11.1 Å². The Balaban J connectivity index is 1.56. The molecular formula is C20H20N2O4. The van der Waals surface area contributed by atoms with Crippen LogP contribution < -0.4 is 9.47 Å². The highest BCUT2D eigenvalue weighted by molar-refractivity contribution is 5.99. The fraction of sp³-hybridized carbons (Fsp3) is 0.300. The van der Waals surface area contributed by atoms with Crippen LogP contribution in [0.4, 0.5) is 0 Å². The van der Waals surface area contributed by atoms with Crippen LogP contribution >= 0.6 is 0 Å². The molecule has 0 saturated heterocycles. The van der Waals surface area contributed by atoms with Gasteiger partial charge in [0, 0.05) is 0 Å². The van der Waals surface area contributed by atoms with Crippen molar-refractivity contribution in [2.45, 2.75) is 12.1 Å². The Morgan fingerprint density at radius 3 is 1.58 bits per heavy atom. The first-order valence-electron chi connectivity index (χ1n) is 8.48. The standard InChI is InChI=1S/C20H20N2O4/c1-23-17-9-5-3-7-13(17)19-21-15(11-25-19)16-12-26-20(22-16)14-8-4-6-10-18(14)24-2/h3-10,15-16H,11-12H2,1-2H3/t15-,16-/m1/s1. The minimum Gasteiger partial charge on any atom is -0.496 e.